The molecule has 2 atom stereocenters. The first kappa shape index (κ1) is 11.4. The molecule has 70 valence electrons. The van der Waals surface area contributed by atoms with E-state index in [1.165, 1.54) is 0 Å². The van der Waals surface area contributed by atoms with Crippen LogP contribution in [0.25, 0.3) is 0 Å². The first-order valence-electron chi connectivity index (χ1n) is 4.18. The minimum Gasteiger partial charge on any atom is -0.380 e. The van der Waals surface area contributed by atoms with Gasteiger partial charge in [0.2, 0.25) is 0 Å². The first-order valence-corrected chi connectivity index (χ1v) is 4.18. The van der Waals surface area contributed by atoms with Crippen molar-refractivity contribution in [3.8, 4) is 12.3 Å². The average molecular weight is 170 g/mol. The van der Waals surface area contributed by atoms with Crippen LogP contribution in [-0.2, 0) is 4.74 Å². The number of unbranched alkanes of at least 4 members (excludes halogenated alkanes) is 1. The normalized spacial score (nSPS) is 15.2. The SMILES string of the molecule is C#CCCCC(NN)C(C)OC. The predicted molar refractivity (Wildman–Crippen MR) is 50.3 cm³/mol. The second-order valence-corrected chi connectivity index (χ2v) is 2.81. The minimum atomic E-state index is 0.132. The molecule has 0 aliphatic rings. The van der Waals surface area contributed by atoms with Crippen LogP contribution >= 0.6 is 0 Å². The maximum absolute atomic E-state index is 5.35. The van der Waals surface area contributed by atoms with Crippen molar-refractivity contribution in [2.45, 2.75) is 38.3 Å². The quantitative estimate of drug-likeness (QED) is 0.266. The molecule has 3 nitrogen and oxygen atoms in total. The van der Waals surface area contributed by atoms with Crippen LogP contribution < -0.4 is 11.3 Å². The van der Waals surface area contributed by atoms with E-state index in [0.717, 1.165) is 19.3 Å². The summed E-state index contributed by atoms with van der Waals surface area (Å²) in [5.41, 5.74) is 2.72. The van der Waals surface area contributed by atoms with Crippen LogP contribution in [0, 0.1) is 12.3 Å². The molecule has 0 aliphatic heterocycles. The second kappa shape index (κ2) is 7.11. The van der Waals surface area contributed by atoms with Crippen LogP contribution in [0.1, 0.15) is 26.2 Å². The van der Waals surface area contributed by atoms with E-state index in [-0.39, 0.29) is 12.1 Å². The van der Waals surface area contributed by atoms with E-state index in [0.29, 0.717) is 0 Å². The van der Waals surface area contributed by atoms with E-state index in [1.54, 1.807) is 7.11 Å². The van der Waals surface area contributed by atoms with Gasteiger partial charge in [0.05, 0.1) is 6.10 Å². The molecular weight excluding hydrogens is 152 g/mol. The standard InChI is InChI=1S/C9H18N2O/c1-4-5-6-7-9(11-10)8(2)12-3/h1,8-9,11H,5-7,10H2,2-3H3. The molecule has 0 fully saturated rings. The fourth-order valence-electron chi connectivity index (χ4n) is 1.04. The fourth-order valence-corrected chi connectivity index (χ4v) is 1.04. The van der Waals surface area contributed by atoms with E-state index in [1.807, 2.05) is 6.92 Å². The van der Waals surface area contributed by atoms with Gasteiger partial charge in [0.15, 0.2) is 0 Å². The van der Waals surface area contributed by atoms with Crippen molar-refractivity contribution in [2.24, 2.45) is 5.84 Å². The fraction of sp³-hybridized carbons (Fsp3) is 0.778. The monoisotopic (exact) mass is 170 g/mol. The van der Waals surface area contributed by atoms with Gasteiger partial charge in [0, 0.05) is 19.6 Å². The minimum absolute atomic E-state index is 0.132. The Labute approximate surface area is 74.6 Å². The zero-order chi connectivity index (χ0) is 9.40. The van der Waals surface area contributed by atoms with Gasteiger partial charge < -0.3 is 4.74 Å². The summed E-state index contributed by atoms with van der Waals surface area (Å²) in [5, 5.41) is 0. The molecule has 3 N–H and O–H groups in total. The third-order valence-electron chi connectivity index (χ3n) is 1.99. The van der Waals surface area contributed by atoms with E-state index in [2.05, 4.69) is 11.3 Å². The highest BCUT2D eigenvalue weighted by atomic mass is 16.5. The van der Waals surface area contributed by atoms with Gasteiger partial charge in [-0.2, -0.15) is 0 Å². The summed E-state index contributed by atoms with van der Waals surface area (Å²) in [6, 6.07) is 0.198. The zero-order valence-corrected chi connectivity index (χ0v) is 7.84. The highest BCUT2D eigenvalue weighted by Crippen LogP contribution is 2.05. The van der Waals surface area contributed by atoms with Crippen molar-refractivity contribution < 1.29 is 4.74 Å². The number of hydrogen-bond acceptors (Lipinski definition) is 3. The summed E-state index contributed by atoms with van der Waals surface area (Å²) in [4.78, 5) is 0. The second-order valence-electron chi connectivity index (χ2n) is 2.81. The topological polar surface area (TPSA) is 47.3 Å². The lowest BCUT2D eigenvalue weighted by Gasteiger charge is -2.21. The van der Waals surface area contributed by atoms with Crippen molar-refractivity contribution >= 4 is 0 Å². The van der Waals surface area contributed by atoms with Gasteiger partial charge in [-0.25, -0.2) is 0 Å². The van der Waals surface area contributed by atoms with Crippen LogP contribution in [0.5, 0.6) is 0 Å². The molecule has 0 spiro atoms. The largest absolute Gasteiger partial charge is 0.380 e. The molecule has 0 radical (unpaired) electrons. The molecule has 3 heteroatoms. The molecule has 0 saturated heterocycles. The summed E-state index contributed by atoms with van der Waals surface area (Å²) in [6.07, 6.45) is 8.00. The molecule has 0 aromatic rings. The lowest BCUT2D eigenvalue weighted by atomic mass is 10.1. The molecule has 2 unspecified atom stereocenters. The molecule has 0 heterocycles. The van der Waals surface area contributed by atoms with Crippen molar-refractivity contribution in [1.29, 1.82) is 0 Å². The Hall–Kier alpha value is -0.560. The van der Waals surface area contributed by atoms with Crippen LogP contribution in [0.3, 0.4) is 0 Å². The Morgan fingerprint density at radius 2 is 2.33 bits per heavy atom. The zero-order valence-electron chi connectivity index (χ0n) is 7.84. The number of rotatable bonds is 6. The van der Waals surface area contributed by atoms with Crippen molar-refractivity contribution in [2.75, 3.05) is 7.11 Å². The van der Waals surface area contributed by atoms with Crippen LogP contribution in [-0.4, -0.2) is 19.3 Å². The lowest BCUT2D eigenvalue weighted by molar-refractivity contribution is 0.0795. The molecule has 0 aliphatic carbocycles. The van der Waals surface area contributed by atoms with Crippen molar-refractivity contribution in [3.05, 3.63) is 0 Å². The van der Waals surface area contributed by atoms with E-state index >= 15 is 0 Å². The lowest BCUT2D eigenvalue weighted by Crippen LogP contribution is -2.43. The predicted octanol–water partition coefficient (Wildman–Crippen LogP) is 0.657. The number of nitrogens with two attached hydrogens (primary N) is 1. The molecule has 0 aromatic carbocycles. The van der Waals surface area contributed by atoms with Crippen molar-refractivity contribution in [1.82, 2.24) is 5.43 Å². The van der Waals surface area contributed by atoms with Gasteiger partial charge in [-0.05, 0) is 19.8 Å². The number of methoxy groups -OCH3 is 1. The third kappa shape index (κ3) is 4.35. The smallest absolute Gasteiger partial charge is 0.0709 e. The summed E-state index contributed by atoms with van der Waals surface area (Å²) >= 11 is 0. The maximum Gasteiger partial charge on any atom is 0.0709 e. The number of hydrogen-bond donors (Lipinski definition) is 2. The molecule has 0 rings (SSSR count). The molecule has 0 saturated carbocycles. The van der Waals surface area contributed by atoms with E-state index in [4.69, 9.17) is 17.0 Å². The Bertz CT molecular complexity index is 142. The van der Waals surface area contributed by atoms with Gasteiger partial charge in [-0.15, -0.1) is 12.3 Å². The summed E-state index contributed by atoms with van der Waals surface area (Å²) in [5.74, 6) is 7.94. The van der Waals surface area contributed by atoms with Crippen LogP contribution in [0.15, 0.2) is 0 Å². The number of ether oxygens (including phenoxy) is 1. The number of hydrazine groups is 1. The van der Waals surface area contributed by atoms with Crippen LogP contribution in [0.4, 0.5) is 0 Å². The molecule has 0 amide bonds. The molecule has 0 aromatic heterocycles. The van der Waals surface area contributed by atoms with Gasteiger partial charge in [0.1, 0.15) is 0 Å². The van der Waals surface area contributed by atoms with Gasteiger partial charge in [-0.1, -0.05) is 0 Å². The van der Waals surface area contributed by atoms with Crippen LogP contribution in [0.2, 0.25) is 0 Å². The average Bonchev–Trinajstić information content (AvgIpc) is 2.11. The molecule has 0 bridgehead atoms. The number of terminal acetylenes is 1. The van der Waals surface area contributed by atoms with Crippen molar-refractivity contribution in [3.63, 3.8) is 0 Å². The Morgan fingerprint density at radius 1 is 1.67 bits per heavy atom. The highest BCUT2D eigenvalue weighted by Gasteiger charge is 2.13. The van der Waals surface area contributed by atoms with E-state index < -0.39 is 0 Å². The number of nitrogens with one attached hydrogen (secondary N) is 1. The third-order valence-corrected chi connectivity index (χ3v) is 1.99. The van der Waals surface area contributed by atoms with Gasteiger partial charge in [-0.3, -0.25) is 11.3 Å². The Morgan fingerprint density at radius 3 is 2.75 bits per heavy atom. The van der Waals surface area contributed by atoms with Gasteiger partial charge >= 0.3 is 0 Å². The Balaban J connectivity index is 3.61. The molecule has 12 heavy (non-hydrogen) atoms. The summed E-state index contributed by atoms with van der Waals surface area (Å²) in [7, 11) is 1.68. The summed E-state index contributed by atoms with van der Waals surface area (Å²) < 4.78 is 5.14. The highest BCUT2D eigenvalue weighted by molar-refractivity contribution is 4.84. The Kier molecular flexibility index (Phi) is 6.78. The van der Waals surface area contributed by atoms with E-state index in [9.17, 15) is 0 Å². The molecular formula is C9H18N2O. The first-order chi connectivity index (χ1) is 5.76. The van der Waals surface area contributed by atoms with Gasteiger partial charge in [0.25, 0.3) is 0 Å². The summed E-state index contributed by atoms with van der Waals surface area (Å²) in [6.45, 7) is 1.99. The maximum atomic E-state index is 5.35.